The predicted molar refractivity (Wildman–Crippen MR) is 65.5 cm³/mol. The topological polar surface area (TPSA) is 34.4 Å². The van der Waals surface area contributed by atoms with E-state index in [2.05, 4.69) is 33.4 Å². The van der Waals surface area contributed by atoms with Gasteiger partial charge in [-0.3, -0.25) is 0 Å². The first-order chi connectivity index (χ1) is 7.84. The summed E-state index contributed by atoms with van der Waals surface area (Å²) in [5.74, 6) is 0. The van der Waals surface area contributed by atoms with Crippen LogP contribution >= 0.6 is 15.9 Å². The lowest BCUT2D eigenvalue weighted by Gasteiger charge is -2.23. The molecular formula is C12H12BrNO2. The lowest BCUT2D eigenvalue weighted by molar-refractivity contribution is 0.0278. The minimum Gasteiger partial charge on any atom is -0.463 e. The first-order valence-electron chi connectivity index (χ1n) is 5.33. The van der Waals surface area contributed by atoms with Crippen molar-refractivity contribution in [2.75, 3.05) is 19.7 Å². The second-order valence-corrected chi connectivity index (χ2v) is 4.76. The molecule has 0 radical (unpaired) electrons. The second kappa shape index (κ2) is 4.20. The first-order valence-corrected chi connectivity index (χ1v) is 6.13. The summed E-state index contributed by atoms with van der Waals surface area (Å²) in [6.45, 7) is 2.59. The van der Waals surface area contributed by atoms with Gasteiger partial charge in [-0.15, -0.1) is 0 Å². The van der Waals surface area contributed by atoms with Gasteiger partial charge in [0.15, 0.2) is 0 Å². The molecule has 1 unspecified atom stereocenters. The molecule has 2 heterocycles. The Hall–Kier alpha value is -0.840. The van der Waals surface area contributed by atoms with E-state index in [0.717, 1.165) is 35.1 Å². The third-order valence-electron chi connectivity index (χ3n) is 2.85. The molecule has 1 aromatic heterocycles. The summed E-state index contributed by atoms with van der Waals surface area (Å²) in [6, 6.07) is 6.18. The molecule has 2 aromatic rings. The van der Waals surface area contributed by atoms with Crippen LogP contribution in [-0.4, -0.2) is 19.7 Å². The molecular weight excluding hydrogens is 270 g/mol. The second-order valence-electron chi connectivity index (χ2n) is 3.90. The predicted octanol–water partition coefficient (Wildman–Crippen LogP) is 2.86. The number of benzene rings is 1. The minimum absolute atomic E-state index is 0.153. The van der Waals surface area contributed by atoms with Gasteiger partial charge < -0.3 is 14.5 Å². The number of hydrogen-bond acceptors (Lipinski definition) is 3. The molecule has 3 nitrogen and oxygen atoms in total. The Morgan fingerprint density at radius 3 is 3.12 bits per heavy atom. The zero-order chi connectivity index (χ0) is 11.0. The molecule has 1 atom stereocenters. The van der Waals surface area contributed by atoms with E-state index in [0.29, 0.717) is 0 Å². The monoisotopic (exact) mass is 281 g/mol. The normalized spacial score (nSPS) is 21.4. The van der Waals surface area contributed by atoms with Crippen molar-refractivity contribution in [2.45, 2.75) is 6.10 Å². The highest BCUT2D eigenvalue weighted by atomic mass is 79.9. The van der Waals surface area contributed by atoms with Crippen LogP contribution in [0, 0.1) is 0 Å². The van der Waals surface area contributed by atoms with Crippen molar-refractivity contribution in [1.29, 1.82) is 0 Å². The van der Waals surface area contributed by atoms with E-state index in [-0.39, 0.29) is 6.10 Å². The maximum atomic E-state index is 5.72. The molecule has 0 bridgehead atoms. The molecule has 1 aromatic carbocycles. The zero-order valence-electron chi connectivity index (χ0n) is 8.70. The molecule has 0 spiro atoms. The van der Waals surface area contributed by atoms with Gasteiger partial charge in [-0.05, 0) is 33.6 Å². The molecule has 1 aliphatic heterocycles. The number of furan rings is 1. The van der Waals surface area contributed by atoms with E-state index in [1.54, 1.807) is 6.26 Å². The Kier molecular flexibility index (Phi) is 2.71. The number of rotatable bonds is 1. The summed E-state index contributed by atoms with van der Waals surface area (Å²) in [4.78, 5) is 0. The van der Waals surface area contributed by atoms with Crippen LogP contribution in [0.2, 0.25) is 0 Å². The van der Waals surface area contributed by atoms with Crippen LogP contribution in [0.25, 0.3) is 11.0 Å². The summed E-state index contributed by atoms with van der Waals surface area (Å²) < 4.78 is 12.1. The average molecular weight is 282 g/mol. The Morgan fingerprint density at radius 1 is 1.38 bits per heavy atom. The molecule has 0 saturated carbocycles. The van der Waals surface area contributed by atoms with Gasteiger partial charge in [-0.1, -0.05) is 6.07 Å². The number of fused-ring (bicyclic) bond motifs is 1. The molecule has 84 valence electrons. The highest BCUT2D eigenvalue weighted by molar-refractivity contribution is 9.10. The maximum absolute atomic E-state index is 5.72. The highest BCUT2D eigenvalue weighted by Crippen LogP contribution is 2.29. The Balaban J connectivity index is 1.99. The molecule has 1 N–H and O–H groups in total. The highest BCUT2D eigenvalue weighted by Gasteiger charge is 2.16. The van der Waals surface area contributed by atoms with Crippen molar-refractivity contribution in [2.24, 2.45) is 0 Å². The quantitative estimate of drug-likeness (QED) is 0.873. The van der Waals surface area contributed by atoms with Crippen LogP contribution in [0.15, 0.2) is 33.4 Å². The smallest absolute Gasteiger partial charge is 0.135 e. The van der Waals surface area contributed by atoms with Crippen molar-refractivity contribution >= 4 is 26.9 Å². The van der Waals surface area contributed by atoms with E-state index in [4.69, 9.17) is 9.15 Å². The Morgan fingerprint density at radius 2 is 2.31 bits per heavy atom. The Bertz CT molecular complexity index is 503. The third kappa shape index (κ3) is 1.77. The first kappa shape index (κ1) is 10.3. The summed E-state index contributed by atoms with van der Waals surface area (Å²) in [7, 11) is 0. The van der Waals surface area contributed by atoms with Gasteiger partial charge in [0, 0.05) is 18.5 Å². The molecule has 4 heteroatoms. The lowest BCUT2D eigenvalue weighted by atomic mass is 10.1. The summed E-state index contributed by atoms with van der Waals surface area (Å²) in [5.41, 5.74) is 2.10. The van der Waals surface area contributed by atoms with Crippen molar-refractivity contribution < 1.29 is 9.15 Å². The van der Waals surface area contributed by atoms with E-state index in [9.17, 15) is 0 Å². The van der Waals surface area contributed by atoms with Gasteiger partial charge in [0.25, 0.3) is 0 Å². The summed E-state index contributed by atoms with van der Waals surface area (Å²) in [6.07, 6.45) is 1.87. The minimum atomic E-state index is 0.153. The molecule has 0 aliphatic carbocycles. The van der Waals surface area contributed by atoms with Gasteiger partial charge in [0.05, 0.1) is 17.2 Å². The molecule has 1 aliphatic rings. The van der Waals surface area contributed by atoms with Gasteiger partial charge in [-0.25, -0.2) is 0 Å². The fourth-order valence-corrected chi connectivity index (χ4v) is 2.40. The van der Waals surface area contributed by atoms with Crippen LogP contribution in [0.1, 0.15) is 11.7 Å². The molecule has 3 rings (SSSR count). The van der Waals surface area contributed by atoms with Crippen LogP contribution in [0.5, 0.6) is 0 Å². The van der Waals surface area contributed by atoms with Crippen LogP contribution in [-0.2, 0) is 4.74 Å². The van der Waals surface area contributed by atoms with Crippen molar-refractivity contribution in [3.63, 3.8) is 0 Å². The third-order valence-corrected chi connectivity index (χ3v) is 3.46. The molecule has 16 heavy (non-hydrogen) atoms. The van der Waals surface area contributed by atoms with Crippen molar-refractivity contribution in [1.82, 2.24) is 5.32 Å². The largest absolute Gasteiger partial charge is 0.463 e. The standard InChI is InChI=1S/C12H12BrNO2/c13-10-7-16-11-2-1-8(5-9(10)11)12-6-14-3-4-15-12/h1-2,5,7,12,14H,3-4,6H2. The van der Waals surface area contributed by atoms with E-state index < -0.39 is 0 Å². The van der Waals surface area contributed by atoms with Crippen LogP contribution < -0.4 is 5.32 Å². The van der Waals surface area contributed by atoms with E-state index in [1.807, 2.05) is 6.07 Å². The number of morpholine rings is 1. The number of ether oxygens (including phenoxy) is 1. The van der Waals surface area contributed by atoms with E-state index in [1.165, 1.54) is 5.56 Å². The van der Waals surface area contributed by atoms with Gasteiger partial charge in [0.2, 0.25) is 0 Å². The number of halogens is 1. The zero-order valence-corrected chi connectivity index (χ0v) is 10.3. The molecule has 0 amide bonds. The number of hydrogen-bond donors (Lipinski definition) is 1. The summed E-state index contributed by atoms with van der Waals surface area (Å²) in [5, 5.41) is 4.43. The average Bonchev–Trinajstić information content (AvgIpc) is 2.72. The fourth-order valence-electron chi connectivity index (χ4n) is 2.00. The van der Waals surface area contributed by atoms with Gasteiger partial charge in [0.1, 0.15) is 11.8 Å². The lowest BCUT2D eigenvalue weighted by Crippen LogP contribution is -2.33. The van der Waals surface area contributed by atoms with Crippen LogP contribution in [0.4, 0.5) is 0 Å². The molecule has 1 saturated heterocycles. The van der Waals surface area contributed by atoms with Crippen LogP contribution in [0.3, 0.4) is 0 Å². The Labute approximate surface area is 102 Å². The van der Waals surface area contributed by atoms with Crippen molar-refractivity contribution in [3.05, 3.63) is 34.5 Å². The molecule has 1 fully saturated rings. The maximum Gasteiger partial charge on any atom is 0.135 e. The number of nitrogens with one attached hydrogen (secondary N) is 1. The SMILES string of the molecule is Brc1coc2ccc(C3CNCCO3)cc12. The van der Waals surface area contributed by atoms with Gasteiger partial charge >= 0.3 is 0 Å². The van der Waals surface area contributed by atoms with E-state index >= 15 is 0 Å². The summed E-state index contributed by atoms with van der Waals surface area (Å²) >= 11 is 3.47. The van der Waals surface area contributed by atoms with Crippen molar-refractivity contribution in [3.8, 4) is 0 Å². The fraction of sp³-hybridized carbons (Fsp3) is 0.333. The van der Waals surface area contributed by atoms with Gasteiger partial charge in [-0.2, -0.15) is 0 Å².